The Morgan fingerprint density at radius 3 is 2.49 bits per heavy atom. The first-order valence-electron chi connectivity index (χ1n) is 20.1. The summed E-state index contributed by atoms with van der Waals surface area (Å²) in [6, 6.07) is -0.129. The SMILES string of the molecule is Cn1ncc(-c2nc(NC3CCC(NCC(=O)NCCCCCNCC(=O)NCc4scc5c4CN(C4CCC(=O)NC4=O)C5=O)CC3)ncc2Cl)c1CC1CC1. The van der Waals surface area contributed by atoms with Gasteiger partial charge in [-0.1, -0.05) is 18.0 Å². The van der Waals surface area contributed by atoms with E-state index >= 15 is 0 Å². The van der Waals surface area contributed by atoms with Gasteiger partial charge in [-0.3, -0.25) is 34.0 Å². The quantitative estimate of drug-likeness (QED) is 0.0767. The van der Waals surface area contributed by atoms with E-state index in [0.717, 1.165) is 84.7 Å². The number of anilines is 1. The van der Waals surface area contributed by atoms with E-state index in [1.807, 2.05) is 17.9 Å². The van der Waals surface area contributed by atoms with Crippen molar-refractivity contribution in [2.45, 2.75) is 108 Å². The standard InChI is InChI=1S/C39H52ClN11O5S/c1-50-31(15-23-5-6-23)26(16-46-50)36-29(40)17-45-39(49-36)47-25-9-7-24(8-10-25)43-20-35(54)42-14-4-2-3-13-41-19-34(53)44-18-32-27-21-51(38(56)28(27)22-57-32)30-11-12-33(52)48-37(30)55/h16-17,22-25,30,41,43H,2-15,18-21H2,1H3,(H,42,54)(H,44,53)(H,45,47,49)(H,48,52,55). The number of thiophene rings is 1. The molecular formula is C39H52ClN11O5S. The zero-order chi connectivity index (χ0) is 39.9. The van der Waals surface area contributed by atoms with Crippen LogP contribution in [0.5, 0.6) is 0 Å². The lowest BCUT2D eigenvalue weighted by atomic mass is 9.91. The van der Waals surface area contributed by atoms with E-state index in [2.05, 4.69) is 42.0 Å². The van der Waals surface area contributed by atoms with Crippen molar-refractivity contribution in [2.75, 3.05) is 31.5 Å². The number of hydrogen-bond acceptors (Lipinski definition) is 12. The second-order valence-corrected chi connectivity index (χ2v) is 16.9. The number of aryl methyl sites for hydroxylation is 1. The van der Waals surface area contributed by atoms with Crippen molar-refractivity contribution < 1.29 is 24.0 Å². The van der Waals surface area contributed by atoms with E-state index in [-0.39, 0.29) is 48.7 Å². The average Bonchev–Trinajstić information content (AvgIpc) is 3.70. The minimum atomic E-state index is -0.658. The average molecular weight is 822 g/mol. The van der Waals surface area contributed by atoms with E-state index in [4.69, 9.17) is 16.6 Å². The number of nitrogens with zero attached hydrogens (tertiary/aromatic N) is 5. The Morgan fingerprint density at radius 2 is 1.70 bits per heavy atom. The second-order valence-electron chi connectivity index (χ2n) is 15.6. The van der Waals surface area contributed by atoms with E-state index in [9.17, 15) is 24.0 Å². The fourth-order valence-electron chi connectivity index (χ4n) is 7.82. The fourth-order valence-corrected chi connectivity index (χ4v) is 8.99. The number of piperidine rings is 1. The minimum Gasteiger partial charge on any atom is -0.355 e. The highest BCUT2D eigenvalue weighted by Gasteiger charge is 2.40. The topological polar surface area (TPSA) is 204 Å². The Labute approximate surface area is 341 Å². The molecule has 0 radical (unpaired) electrons. The van der Waals surface area contributed by atoms with E-state index in [1.165, 1.54) is 29.1 Å². The summed E-state index contributed by atoms with van der Waals surface area (Å²) in [5.74, 6) is 0.172. The summed E-state index contributed by atoms with van der Waals surface area (Å²) in [5, 5.41) is 25.1. The van der Waals surface area contributed by atoms with Crippen LogP contribution in [0.2, 0.25) is 5.02 Å². The molecule has 2 aliphatic carbocycles. The van der Waals surface area contributed by atoms with Gasteiger partial charge in [-0.2, -0.15) is 5.10 Å². The van der Waals surface area contributed by atoms with Crippen molar-refractivity contribution in [1.29, 1.82) is 0 Å². The molecule has 0 bridgehead atoms. The fraction of sp³-hybridized carbons (Fsp3) is 0.590. The number of carbonyl (C=O) groups excluding carboxylic acids is 5. The summed E-state index contributed by atoms with van der Waals surface area (Å²) >= 11 is 7.97. The number of halogens is 1. The Kier molecular flexibility index (Phi) is 13.5. The van der Waals surface area contributed by atoms with Gasteiger partial charge in [-0.15, -0.1) is 11.3 Å². The first kappa shape index (κ1) is 40.7. The molecule has 16 nitrogen and oxygen atoms in total. The maximum atomic E-state index is 12.9. The van der Waals surface area contributed by atoms with Gasteiger partial charge >= 0.3 is 0 Å². The molecule has 2 aliphatic heterocycles. The number of fused-ring (bicyclic) bond motifs is 1. The van der Waals surface area contributed by atoms with Crippen molar-refractivity contribution in [3.63, 3.8) is 0 Å². The first-order valence-corrected chi connectivity index (χ1v) is 21.4. The highest BCUT2D eigenvalue weighted by atomic mass is 35.5. The molecule has 5 amide bonds. The zero-order valence-electron chi connectivity index (χ0n) is 32.3. The maximum Gasteiger partial charge on any atom is 0.256 e. The van der Waals surface area contributed by atoms with Crippen molar-refractivity contribution in [3.8, 4) is 11.3 Å². The van der Waals surface area contributed by atoms with Crippen LogP contribution < -0.4 is 31.9 Å². The van der Waals surface area contributed by atoms with Gasteiger partial charge in [-0.25, -0.2) is 9.97 Å². The predicted molar refractivity (Wildman–Crippen MR) is 215 cm³/mol. The Hall–Kier alpha value is -4.45. The van der Waals surface area contributed by atoms with Gasteiger partial charge in [-0.05, 0) is 82.2 Å². The smallest absolute Gasteiger partial charge is 0.256 e. The van der Waals surface area contributed by atoms with Crippen LogP contribution in [-0.4, -0.2) is 98.5 Å². The molecule has 3 aromatic rings. The molecule has 7 rings (SSSR count). The molecule has 6 N–H and O–H groups in total. The van der Waals surface area contributed by atoms with Gasteiger partial charge in [0.2, 0.25) is 29.6 Å². The summed E-state index contributed by atoms with van der Waals surface area (Å²) in [7, 11) is 1.97. The third-order valence-electron chi connectivity index (χ3n) is 11.3. The molecule has 18 heteroatoms. The molecule has 1 unspecified atom stereocenters. The summed E-state index contributed by atoms with van der Waals surface area (Å²) in [6.45, 7) is 2.36. The van der Waals surface area contributed by atoms with Crippen LogP contribution in [0, 0.1) is 5.92 Å². The van der Waals surface area contributed by atoms with Crippen molar-refractivity contribution in [2.24, 2.45) is 13.0 Å². The Morgan fingerprint density at radius 1 is 0.930 bits per heavy atom. The number of imide groups is 1. The summed E-state index contributed by atoms with van der Waals surface area (Å²) in [6.07, 6.45) is 14.0. The van der Waals surface area contributed by atoms with Crippen LogP contribution in [0.25, 0.3) is 11.3 Å². The largest absolute Gasteiger partial charge is 0.355 e. The molecule has 1 saturated heterocycles. The van der Waals surface area contributed by atoms with E-state index in [1.54, 1.807) is 11.6 Å². The summed E-state index contributed by atoms with van der Waals surface area (Å²) in [5.41, 5.74) is 4.25. The summed E-state index contributed by atoms with van der Waals surface area (Å²) < 4.78 is 1.93. The number of carbonyl (C=O) groups is 5. The van der Waals surface area contributed by atoms with Crippen LogP contribution in [0.4, 0.5) is 5.95 Å². The Bertz CT molecular complexity index is 1960. The maximum absolute atomic E-state index is 12.9. The van der Waals surface area contributed by atoms with Crippen LogP contribution in [-0.2, 0) is 45.7 Å². The number of unbranched alkanes of at least 4 members (excludes halogenated alkanes) is 2. The molecule has 0 spiro atoms. The van der Waals surface area contributed by atoms with Crippen LogP contribution in [0.15, 0.2) is 17.8 Å². The van der Waals surface area contributed by atoms with Gasteiger partial charge in [0.1, 0.15) is 6.04 Å². The van der Waals surface area contributed by atoms with Gasteiger partial charge in [0, 0.05) is 60.2 Å². The molecule has 57 heavy (non-hydrogen) atoms. The normalized spacial score (nSPS) is 20.7. The third kappa shape index (κ3) is 10.5. The van der Waals surface area contributed by atoms with Crippen molar-refractivity contribution >= 4 is 58.4 Å². The molecule has 1 atom stereocenters. The molecule has 306 valence electrons. The molecule has 0 aromatic carbocycles. The highest BCUT2D eigenvalue weighted by Crippen LogP contribution is 2.37. The minimum absolute atomic E-state index is 0.00646. The molecular weight excluding hydrogens is 770 g/mol. The molecule has 4 aliphatic rings. The lowest BCUT2D eigenvalue weighted by molar-refractivity contribution is -0.137. The van der Waals surface area contributed by atoms with Crippen molar-refractivity contribution in [1.82, 2.24) is 51.2 Å². The molecule has 3 fully saturated rings. The number of hydrogen-bond donors (Lipinski definition) is 6. The second kappa shape index (κ2) is 18.9. The van der Waals surface area contributed by atoms with Gasteiger partial charge < -0.3 is 31.5 Å². The predicted octanol–water partition coefficient (Wildman–Crippen LogP) is 2.81. The number of nitrogens with one attached hydrogen (secondary N) is 6. The van der Waals surface area contributed by atoms with Gasteiger partial charge in [0.25, 0.3) is 5.91 Å². The van der Waals surface area contributed by atoms with Crippen LogP contribution in [0.1, 0.15) is 97.1 Å². The van der Waals surface area contributed by atoms with Gasteiger partial charge in [0.15, 0.2) is 0 Å². The van der Waals surface area contributed by atoms with E-state index < -0.39 is 11.9 Å². The number of aromatic nitrogens is 4. The van der Waals surface area contributed by atoms with Crippen molar-refractivity contribution in [3.05, 3.63) is 44.5 Å². The monoisotopic (exact) mass is 821 g/mol. The molecule has 5 heterocycles. The van der Waals surface area contributed by atoms with Crippen LogP contribution >= 0.6 is 22.9 Å². The molecule has 3 aromatic heterocycles. The zero-order valence-corrected chi connectivity index (χ0v) is 33.9. The first-order chi connectivity index (χ1) is 27.6. The van der Waals surface area contributed by atoms with Crippen LogP contribution in [0.3, 0.4) is 0 Å². The lowest BCUT2D eigenvalue weighted by Crippen LogP contribution is -2.52. The lowest BCUT2D eigenvalue weighted by Gasteiger charge is -2.29. The summed E-state index contributed by atoms with van der Waals surface area (Å²) in [4.78, 5) is 73.3. The van der Waals surface area contributed by atoms with E-state index in [0.29, 0.717) is 55.7 Å². The van der Waals surface area contributed by atoms with Gasteiger partial charge in [0.05, 0.1) is 48.3 Å². The highest BCUT2D eigenvalue weighted by molar-refractivity contribution is 7.10. The number of amides is 5. The Balaban J connectivity index is 0.710. The molecule has 2 saturated carbocycles. The number of rotatable bonds is 19. The third-order valence-corrected chi connectivity index (χ3v) is 12.6.